The van der Waals surface area contributed by atoms with Crippen molar-refractivity contribution >= 4 is 5.91 Å². The first kappa shape index (κ1) is 12.9. The van der Waals surface area contributed by atoms with Crippen molar-refractivity contribution < 1.29 is 9.53 Å². The van der Waals surface area contributed by atoms with Crippen molar-refractivity contribution in [2.24, 2.45) is 5.73 Å². The minimum Gasteiger partial charge on any atom is -0.491 e. The van der Waals surface area contributed by atoms with Gasteiger partial charge in [0, 0.05) is 19.5 Å². The first-order chi connectivity index (χ1) is 8.49. The van der Waals surface area contributed by atoms with Crippen LogP contribution in [0.3, 0.4) is 0 Å². The monoisotopic (exact) mass is 248 g/mol. The van der Waals surface area contributed by atoms with Crippen LogP contribution in [-0.4, -0.2) is 30.0 Å². The van der Waals surface area contributed by atoms with Crippen molar-refractivity contribution in [2.75, 3.05) is 7.05 Å². The second kappa shape index (κ2) is 4.98. The Morgan fingerprint density at radius 2 is 1.94 bits per heavy atom. The molecule has 0 aromatic heterocycles. The average molecular weight is 248 g/mol. The van der Waals surface area contributed by atoms with Crippen LogP contribution in [0.25, 0.3) is 0 Å². The zero-order valence-electron chi connectivity index (χ0n) is 11.1. The maximum atomic E-state index is 11.6. The molecule has 98 valence electrons. The van der Waals surface area contributed by atoms with Gasteiger partial charge in [0.05, 0.1) is 12.1 Å². The van der Waals surface area contributed by atoms with Gasteiger partial charge in [0.15, 0.2) is 0 Å². The average Bonchev–Trinajstić information content (AvgIpc) is 2.54. The molecular weight excluding hydrogens is 228 g/mol. The summed E-state index contributed by atoms with van der Waals surface area (Å²) in [6.45, 7) is 3.99. The minimum atomic E-state index is -0.126. The third kappa shape index (κ3) is 2.48. The predicted octanol–water partition coefficient (Wildman–Crippen LogP) is 1.70. The van der Waals surface area contributed by atoms with Crippen LogP contribution in [0.2, 0.25) is 0 Å². The fourth-order valence-electron chi connectivity index (χ4n) is 2.39. The Bertz CT molecular complexity index is 428. The van der Waals surface area contributed by atoms with Gasteiger partial charge in [-0.25, -0.2) is 0 Å². The highest BCUT2D eigenvalue weighted by molar-refractivity contribution is 5.80. The van der Waals surface area contributed by atoms with Gasteiger partial charge >= 0.3 is 0 Å². The molecule has 1 amide bonds. The van der Waals surface area contributed by atoms with Crippen molar-refractivity contribution in [2.45, 2.75) is 38.5 Å². The molecule has 1 heterocycles. The lowest BCUT2D eigenvalue weighted by molar-refractivity contribution is -0.127. The largest absolute Gasteiger partial charge is 0.491 e. The molecule has 1 aliphatic heterocycles. The first-order valence-corrected chi connectivity index (χ1v) is 6.27. The molecule has 4 heteroatoms. The molecule has 1 aromatic rings. The summed E-state index contributed by atoms with van der Waals surface area (Å²) in [7, 11) is 1.80. The van der Waals surface area contributed by atoms with Crippen molar-refractivity contribution in [1.82, 2.24) is 4.90 Å². The number of nitrogens with zero attached hydrogens (tertiary/aromatic N) is 1. The molecule has 18 heavy (non-hydrogen) atoms. The topological polar surface area (TPSA) is 55.6 Å². The molecule has 2 rings (SSSR count). The summed E-state index contributed by atoms with van der Waals surface area (Å²) in [6, 6.07) is 7.68. The Balaban J connectivity index is 2.17. The fraction of sp³-hybridized carbons (Fsp3) is 0.500. The highest BCUT2D eigenvalue weighted by Crippen LogP contribution is 2.31. The standard InChI is InChI=1S/C14H20N2O2/c1-9(2)18-11-6-4-10(5-7-11)14-12(15)8-13(17)16(14)3/h4-7,9,12,14H,8,15H2,1-3H3/t12-,14+/m1/s1. The van der Waals surface area contributed by atoms with Gasteiger partial charge in [-0.1, -0.05) is 12.1 Å². The van der Waals surface area contributed by atoms with Gasteiger partial charge in [-0.3, -0.25) is 4.79 Å². The molecule has 0 aliphatic carbocycles. The molecule has 1 fully saturated rings. The van der Waals surface area contributed by atoms with Crippen molar-refractivity contribution in [1.29, 1.82) is 0 Å². The van der Waals surface area contributed by atoms with Crippen LogP contribution in [0.4, 0.5) is 0 Å². The number of benzene rings is 1. The fourth-order valence-corrected chi connectivity index (χ4v) is 2.39. The summed E-state index contributed by atoms with van der Waals surface area (Å²) in [5.74, 6) is 0.948. The maximum absolute atomic E-state index is 11.6. The Hall–Kier alpha value is -1.55. The van der Waals surface area contributed by atoms with E-state index >= 15 is 0 Å². The van der Waals surface area contributed by atoms with Crippen molar-refractivity contribution in [3.05, 3.63) is 29.8 Å². The molecule has 0 bridgehead atoms. The smallest absolute Gasteiger partial charge is 0.224 e. The molecular formula is C14H20N2O2. The molecule has 2 atom stereocenters. The van der Waals surface area contributed by atoms with Gasteiger partial charge in [-0.05, 0) is 31.5 Å². The molecule has 1 saturated heterocycles. The zero-order valence-corrected chi connectivity index (χ0v) is 11.1. The van der Waals surface area contributed by atoms with E-state index in [1.165, 1.54) is 0 Å². The Morgan fingerprint density at radius 1 is 1.33 bits per heavy atom. The van der Waals surface area contributed by atoms with Gasteiger partial charge in [0.1, 0.15) is 5.75 Å². The maximum Gasteiger partial charge on any atom is 0.224 e. The van der Waals surface area contributed by atoms with E-state index in [4.69, 9.17) is 10.5 Å². The molecule has 4 nitrogen and oxygen atoms in total. The Kier molecular flexibility index (Phi) is 3.57. The van der Waals surface area contributed by atoms with Crippen LogP contribution in [0.5, 0.6) is 5.75 Å². The third-order valence-corrected chi connectivity index (χ3v) is 3.22. The van der Waals surface area contributed by atoms with Crippen molar-refractivity contribution in [3.8, 4) is 5.75 Å². The number of amides is 1. The number of rotatable bonds is 3. The van der Waals surface area contributed by atoms with Gasteiger partial charge < -0.3 is 15.4 Å². The minimum absolute atomic E-state index is 0.0226. The van der Waals surface area contributed by atoms with E-state index in [0.717, 1.165) is 11.3 Å². The van der Waals surface area contributed by atoms with Gasteiger partial charge in [-0.15, -0.1) is 0 Å². The normalized spacial score (nSPS) is 23.8. The van der Waals surface area contributed by atoms with Crippen LogP contribution in [0, 0.1) is 0 Å². The number of ether oxygens (including phenoxy) is 1. The Labute approximate surface area is 108 Å². The van der Waals surface area contributed by atoms with Crippen LogP contribution in [0.15, 0.2) is 24.3 Å². The highest BCUT2D eigenvalue weighted by Gasteiger charge is 2.35. The van der Waals surface area contributed by atoms with Crippen LogP contribution >= 0.6 is 0 Å². The number of hydrogen-bond acceptors (Lipinski definition) is 3. The number of nitrogens with two attached hydrogens (primary N) is 1. The van der Waals surface area contributed by atoms with E-state index in [-0.39, 0.29) is 24.1 Å². The number of likely N-dealkylation sites (tertiary alicyclic amines) is 1. The first-order valence-electron chi connectivity index (χ1n) is 6.27. The predicted molar refractivity (Wildman–Crippen MR) is 70.3 cm³/mol. The lowest BCUT2D eigenvalue weighted by Crippen LogP contribution is -2.30. The van der Waals surface area contributed by atoms with E-state index in [1.54, 1.807) is 11.9 Å². The van der Waals surface area contributed by atoms with E-state index in [0.29, 0.717) is 6.42 Å². The molecule has 0 spiro atoms. The van der Waals surface area contributed by atoms with Crippen LogP contribution in [-0.2, 0) is 4.79 Å². The van der Waals surface area contributed by atoms with E-state index < -0.39 is 0 Å². The third-order valence-electron chi connectivity index (χ3n) is 3.22. The summed E-state index contributed by atoms with van der Waals surface area (Å²) in [6.07, 6.45) is 0.583. The lowest BCUT2D eigenvalue weighted by atomic mass is 10.0. The van der Waals surface area contributed by atoms with Gasteiger partial charge in [0.2, 0.25) is 5.91 Å². The SMILES string of the molecule is CC(C)Oc1ccc([C@H]2[C@H](N)CC(=O)N2C)cc1. The molecule has 1 aliphatic rings. The highest BCUT2D eigenvalue weighted by atomic mass is 16.5. The summed E-state index contributed by atoms with van der Waals surface area (Å²) < 4.78 is 5.59. The number of carbonyl (C=O) groups is 1. The summed E-state index contributed by atoms with van der Waals surface area (Å²) in [4.78, 5) is 13.3. The lowest BCUT2D eigenvalue weighted by Gasteiger charge is -2.23. The number of carbonyl (C=O) groups excluding carboxylic acids is 1. The number of hydrogen-bond donors (Lipinski definition) is 1. The number of likely N-dealkylation sites (N-methyl/N-ethyl adjacent to an activating group) is 1. The molecule has 2 N–H and O–H groups in total. The van der Waals surface area contributed by atoms with E-state index in [2.05, 4.69) is 0 Å². The second-order valence-corrected chi connectivity index (χ2v) is 5.05. The molecule has 0 saturated carbocycles. The summed E-state index contributed by atoms with van der Waals surface area (Å²) in [5, 5.41) is 0. The Morgan fingerprint density at radius 3 is 2.39 bits per heavy atom. The molecule has 0 unspecified atom stereocenters. The zero-order chi connectivity index (χ0) is 13.3. The summed E-state index contributed by atoms with van der Waals surface area (Å²) >= 11 is 0. The summed E-state index contributed by atoms with van der Waals surface area (Å²) in [5.41, 5.74) is 7.08. The van der Waals surface area contributed by atoms with Crippen molar-refractivity contribution in [3.63, 3.8) is 0 Å². The van der Waals surface area contributed by atoms with E-state index in [9.17, 15) is 4.79 Å². The quantitative estimate of drug-likeness (QED) is 0.886. The van der Waals surface area contributed by atoms with Crippen LogP contribution < -0.4 is 10.5 Å². The van der Waals surface area contributed by atoms with Gasteiger partial charge in [-0.2, -0.15) is 0 Å². The van der Waals surface area contributed by atoms with Gasteiger partial charge in [0.25, 0.3) is 0 Å². The van der Waals surface area contributed by atoms with E-state index in [1.807, 2.05) is 38.1 Å². The molecule has 1 aromatic carbocycles. The second-order valence-electron chi connectivity index (χ2n) is 5.05. The van der Waals surface area contributed by atoms with Crippen LogP contribution in [0.1, 0.15) is 31.9 Å². The molecule has 0 radical (unpaired) electrons.